The van der Waals surface area contributed by atoms with E-state index in [1.807, 2.05) is 6.07 Å². The molecule has 1 fully saturated rings. The van der Waals surface area contributed by atoms with Gasteiger partial charge < -0.3 is 4.74 Å². The summed E-state index contributed by atoms with van der Waals surface area (Å²) in [5, 5.41) is 0. The molecule has 1 aliphatic rings. The van der Waals surface area contributed by atoms with Crippen molar-refractivity contribution in [2.75, 3.05) is 52.6 Å². The fourth-order valence-corrected chi connectivity index (χ4v) is 3.09. The molecule has 1 saturated heterocycles. The van der Waals surface area contributed by atoms with Crippen LogP contribution >= 0.6 is 0 Å². The van der Waals surface area contributed by atoms with E-state index < -0.39 is 10.0 Å². The van der Waals surface area contributed by atoms with Crippen molar-refractivity contribution in [1.29, 1.82) is 0 Å². The van der Waals surface area contributed by atoms with Crippen LogP contribution in [-0.4, -0.2) is 70.9 Å². The molecular weight excluding hydrogens is 321 g/mol. The van der Waals surface area contributed by atoms with Crippen LogP contribution in [0.25, 0.3) is 0 Å². The van der Waals surface area contributed by atoms with E-state index in [1.54, 1.807) is 6.07 Å². The van der Waals surface area contributed by atoms with Crippen LogP contribution in [0.15, 0.2) is 18.2 Å². The summed E-state index contributed by atoms with van der Waals surface area (Å²) in [6.07, 6.45) is 1.17. The van der Waals surface area contributed by atoms with Crippen molar-refractivity contribution in [3.05, 3.63) is 29.6 Å². The van der Waals surface area contributed by atoms with Gasteiger partial charge in [-0.15, -0.1) is 0 Å². The summed E-state index contributed by atoms with van der Waals surface area (Å²) in [5.74, 6) is -0.0765. The summed E-state index contributed by atoms with van der Waals surface area (Å²) in [6, 6.07) is 5.04. The number of halogens is 1. The smallest absolute Gasteiger partial charge is 0.208 e. The Balaban J connectivity index is 1.75. The van der Waals surface area contributed by atoms with Crippen LogP contribution in [-0.2, 0) is 16.6 Å². The SMILES string of the molecule is COc1ccc(CN2CCN(CCNS(C)(=O)=O)CC2)cc1F. The predicted octanol–water partition coefficient (Wildman–Crippen LogP) is 0.501. The van der Waals surface area contributed by atoms with Gasteiger partial charge in [0.15, 0.2) is 11.6 Å². The first kappa shape index (κ1) is 18.1. The van der Waals surface area contributed by atoms with Gasteiger partial charge in [0, 0.05) is 45.8 Å². The maximum absolute atomic E-state index is 13.7. The number of hydrogen-bond donors (Lipinski definition) is 1. The summed E-state index contributed by atoms with van der Waals surface area (Å²) in [6.45, 7) is 5.37. The van der Waals surface area contributed by atoms with E-state index >= 15 is 0 Å². The Kier molecular flexibility index (Phi) is 6.34. The molecule has 0 radical (unpaired) electrons. The Hall–Kier alpha value is -1.22. The van der Waals surface area contributed by atoms with Crippen molar-refractivity contribution in [3.63, 3.8) is 0 Å². The van der Waals surface area contributed by atoms with Crippen molar-refractivity contribution >= 4 is 10.0 Å². The van der Waals surface area contributed by atoms with Gasteiger partial charge in [0.2, 0.25) is 10.0 Å². The van der Waals surface area contributed by atoms with E-state index in [9.17, 15) is 12.8 Å². The maximum atomic E-state index is 13.7. The summed E-state index contributed by atoms with van der Waals surface area (Å²) in [4.78, 5) is 4.49. The molecular formula is C15H24FN3O3S. The molecule has 0 aliphatic carbocycles. The molecule has 1 aromatic carbocycles. The molecule has 8 heteroatoms. The predicted molar refractivity (Wildman–Crippen MR) is 87.5 cm³/mol. The standard InChI is InChI=1S/C15H24FN3O3S/c1-22-15-4-3-13(11-14(15)16)12-19-9-7-18(8-10-19)6-5-17-23(2,20)21/h3-4,11,17H,5-10,12H2,1-2H3. The molecule has 0 bridgehead atoms. The van der Waals surface area contributed by atoms with E-state index in [1.165, 1.54) is 19.4 Å². The normalized spacial score (nSPS) is 17.3. The average molecular weight is 345 g/mol. The average Bonchev–Trinajstić information content (AvgIpc) is 2.48. The third-order valence-electron chi connectivity index (χ3n) is 3.88. The highest BCUT2D eigenvalue weighted by Gasteiger charge is 2.17. The van der Waals surface area contributed by atoms with E-state index in [-0.39, 0.29) is 11.6 Å². The van der Waals surface area contributed by atoms with Crippen molar-refractivity contribution in [3.8, 4) is 5.75 Å². The lowest BCUT2D eigenvalue weighted by atomic mass is 10.2. The van der Waals surface area contributed by atoms with Gasteiger partial charge in [-0.25, -0.2) is 17.5 Å². The topological polar surface area (TPSA) is 61.9 Å². The monoisotopic (exact) mass is 345 g/mol. The first-order valence-electron chi connectivity index (χ1n) is 7.59. The van der Waals surface area contributed by atoms with E-state index in [0.29, 0.717) is 19.6 Å². The van der Waals surface area contributed by atoms with Gasteiger partial charge >= 0.3 is 0 Å². The van der Waals surface area contributed by atoms with E-state index in [4.69, 9.17) is 4.74 Å². The van der Waals surface area contributed by atoms with Crippen molar-refractivity contribution in [2.24, 2.45) is 0 Å². The fraction of sp³-hybridized carbons (Fsp3) is 0.600. The highest BCUT2D eigenvalue weighted by molar-refractivity contribution is 7.88. The molecule has 0 amide bonds. The number of nitrogens with zero attached hydrogens (tertiary/aromatic N) is 2. The third-order valence-corrected chi connectivity index (χ3v) is 4.61. The minimum absolute atomic E-state index is 0.261. The maximum Gasteiger partial charge on any atom is 0.208 e. The van der Waals surface area contributed by atoms with Crippen LogP contribution in [0.5, 0.6) is 5.75 Å². The van der Waals surface area contributed by atoms with Gasteiger partial charge in [-0.2, -0.15) is 0 Å². The molecule has 130 valence electrons. The van der Waals surface area contributed by atoms with Crippen LogP contribution in [0.2, 0.25) is 0 Å². The fourth-order valence-electron chi connectivity index (χ4n) is 2.63. The molecule has 6 nitrogen and oxygen atoms in total. The number of piperazine rings is 1. The molecule has 0 spiro atoms. The van der Waals surface area contributed by atoms with E-state index in [0.717, 1.165) is 31.7 Å². The van der Waals surface area contributed by atoms with Gasteiger partial charge in [0.05, 0.1) is 13.4 Å². The van der Waals surface area contributed by atoms with E-state index in [2.05, 4.69) is 14.5 Å². The van der Waals surface area contributed by atoms with Crippen LogP contribution in [0.4, 0.5) is 4.39 Å². The van der Waals surface area contributed by atoms with Crippen molar-refractivity contribution < 1.29 is 17.5 Å². The number of hydrogen-bond acceptors (Lipinski definition) is 5. The minimum atomic E-state index is -3.12. The second-order valence-corrected chi connectivity index (χ2v) is 7.59. The number of ether oxygens (including phenoxy) is 1. The Labute approximate surface area is 137 Å². The number of methoxy groups -OCH3 is 1. The molecule has 0 unspecified atom stereocenters. The molecule has 1 aliphatic heterocycles. The number of sulfonamides is 1. The Morgan fingerprint density at radius 3 is 2.43 bits per heavy atom. The third kappa shape index (κ3) is 6.06. The first-order chi connectivity index (χ1) is 10.9. The van der Waals surface area contributed by atoms with Crippen LogP contribution in [0.3, 0.4) is 0 Å². The number of nitrogens with one attached hydrogen (secondary N) is 1. The van der Waals surface area contributed by atoms with Gasteiger partial charge in [-0.3, -0.25) is 9.80 Å². The molecule has 1 N–H and O–H groups in total. The highest BCUT2D eigenvalue weighted by atomic mass is 32.2. The molecule has 1 heterocycles. The zero-order valence-corrected chi connectivity index (χ0v) is 14.4. The van der Waals surface area contributed by atoms with Crippen LogP contribution in [0.1, 0.15) is 5.56 Å². The molecule has 23 heavy (non-hydrogen) atoms. The van der Waals surface area contributed by atoms with Crippen LogP contribution < -0.4 is 9.46 Å². The largest absolute Gasteiger partial charge is 0.494 e. The number of benzene rings is 1. The Morgan fingerprint density at radius 1 is 1.22 bits per heavy atom. The highest BCUT2D eigenvalue weighted by Crippen LogP contribution is 2.19. The second kappa shape index (κ2) is 8.05. The van der Waals surface area contributed by atoms with Gasteiger partial charge in [0.25, 0.3) is 0 Å². The number of rotatable bonds is 7. The summed E-state index contributed by atoms with van der Waals surface area (Å²) >= 11 is 0. The Bertz CT molecular complexity index is 616. The first-order valence-corrected chi connectivity index (χ1v) is 9.48. The second-order valence-electron chi connectivity index (χ2n) is 5.75. The van der Waals surface area contributed by atoms with Crippen molar-refractivity contribution in [2.45, 2.75) is 6.54 Å². The van der Waals surface area contributed by atoms with Gasteiger partial charge in [0.1, 0.15) is 0 Å². The Morgan fingerprint density at radius 2 is 1.87 bits per heavy atom. The molecule has 0 atom stereocenters. The minimum Gasteiger partial charge on any atom is -0.494 e. The zero-order chi connectivity index (χ0) is 16.9. The van der Waals surface area contributed by atoms with Gasteiger partial charge in [-0.05, 0) is 17.7 Å². The molecule has 1 aromatic rings. The lowest BCUT2D eigenvalue weighted by molar-refractivity contribution is 0.129. The summed E-state index contributed by atoms with van der Waals surface area (Å²) < 4.78 is 43.2. The van der Waals surface area contributed by atoms with Crippen LogP contribution in [0, 0.1) is 5.82 Å². The molecule has 0 aromatic heterocycles. The zero-order valence-electron chi connectivity index (χ0n) is 13.6. The van der Waals surface area contributed by atoms with Crippen molar-refractivity contribution in [1.82, 2.24) is 14.5 Å². The summed E-state index contributed by atoms with van der Waals surface area (Å²) in [5.41, 5.74) is 0.926. The summed E-state index contributed by atoms with van der Waals surface area (Å²) in [7, 11) is -1.66. The van der Waals surface area contributed by atoms with Gasteiger partial charge in [-0.1, -0.05) is 6.07 Å². The quantitative estimate of drug-likeness (QED) is 0.780. The molecule has 2 rings (SSSR count). The lowest BCUT2D eigenvalue weighted by Gasteiger charge is -2.34. The molecule has 0 saturated carbocycles. The lowest BCUT2D eigenvalue weighted by Crippen LogP contribution is -2.47.